The van der Waals surface area contributed by atoms with Crippen LogP contribution in [0.15, 0.2) is 47.4 Å². The van der Waals surface area contributed by atoms with Crippen LogP contribution in [-0.2, 0) is 19.6 Å². The van der Waals surface area contributed by atoms with E-state index in [4.69, 9.17) is 4.74 Å². The molecular weight excluding hydrogens is 406 g/mol. The van der Waals surface area contributed by atoms with Crippen LogP contribution in [0.5, 0.6) is 5.75 Å². The molecule has 0 fully saturated rings. The Morgan fingerprint density at radius 2 is 1.73 bits per heavy atom. The number of hydrogen-bond donors (Lipinski definition) is 3. The number of nitrogens with one attached hydrogen (secondary N) is 3. The molecule has 0 heterocycles. The fourth-order valence-corrected chi connectivity index (χ4v) is 4.21. The number of amides is 2. The Morgan fingerprint density at radius 3 is 2.33 bits per heavy atom. The monoisotopic (exact) mass is 433 g/mol. The summed E-state index contributed by atoms with van der Waals surface area (Å²) >= 11 is 0. The quantitative estimate of drug-likeness (QED) is 0.592. The third-order valence-electron chi connectivity index (χ3n) is 4.40. The van der Waals surface area contributed by atoms with Gasteiger partial charge in [-0.3, -0.25) is 14.3 Å². The Morgan fingerprint density at radius 1 is 1.07 bits per heavy atom. The highest BCUT2D eigenvalue weighted by atomic mass is 32.2. The molecule has 0 aromatic heterocycles. The van der Waals surface area contributed by atoms with E-state index in [0.29, 0.717) is 22.7 Å². The summed E-state index contributed by atoms with van der Waals surface area (Å²) in [6.07, 6.45) is 0. The molecule has 162 valence electrons. The highest BCUT2D eigenvalue weighted by Gasteiger charge is 2.24. The van der Waals surface area contributed by atoms with Gasteiger partial charge in [0.25, 0.3) is 10.0 Å². The average Bonchev–Trinajstić information content (AvgIpc) is 2.67. The van der Waals surface area contributed by atoms with Crippen molar-refractivity contribution in [2.75, 3.05) is 17.1 Å². The topological polar surface area (TPSA) is 114 Å². The first kappa shape index (κ1) is 23.2. The van der Waals surface area contributed by atoms with Crippen LogP contribution in [0.2, 0.25) is 0 Å². The number of ether oxygens (including phenoxy) is 1. The number of methoxy groups -OCH3 is 1. The molecule has 0 aliphatic carbocycles. The molecule has 0 spiro atoms. The predicted octanol–water partition coefficient (Wildman–Crippen LogP) is 2.90. The van der Waals surface area contributed by atoms with Crippen molar-refractivity contribution in [3.8, 4) is 5.75 Å². The van der Waals surface area contributed by atoms with Gasteiger partial charge in [0, 0.05) is 12.6 Å². The zero-order valence-electron chi connectivity index (χ0n) is 17.6. The third kappa shape index (κ3) is 5.73. The first-order valence-electron chi connectivity index (χ1n) is 9.39. The van der Waals surface area contributed by atoms with Crippen LogP contribution in [0.3, 0.4) is 0 Å². The zero-order valence-corrected chi connectivity index (χ0v) is 18.5. The Labute approximate surface area is 177 Å². The van der Waals surface area contributed by atoms with E-state index in [1.54, 1.807) is 43.3 Å². The number of benzene rings is 2. The highest BCUT2D eigenvalue weighted by Crippen LogP contribution is 2.28. The molecule has 30 heavy (non-hydrogen) atoms. The number of carbonyl (C=O) groups is 2. The highest BCUT2D eigenvalue weighted by molar-refractivity contribution is 7.92. The molecule has 8 nitrogen and oxygen atoms in total. The van der Waals surface area contributed by atoms with Crippen LogP contribution in [0.4, 0.5) is 11.4 Å². The van der Waals surface area contributed by atoms with E-state index in [-0.39, 0.29) is 16.7 Å². The van der Waals surface area contributed by atoms with Crippen LogP contribution in [0.25, 0.3) is 0 Å². The number of hydrogen-bond acceptors (Lipinski definition) is 5. The third-order valence-corrected chi connectivity index (χ3v) is 5.91. The molecule has 2 rings (SSSR count). The van der Waals surface area contributed by atoms with Crippen LogP contribution >= 0.6 is 0 Å². The fourth-order valence-electron chi connectivity index (χ4n) is 2.87. The molecule has 0 aliphatic rings. The Hall–Kier alpha value is -3.07. The summed E-state index contributed by atoms with van der Waals surface area (Å²) in [7, 11) is -2.49. The van der Waals surface area contributed by atoms with E-state index < -0.39 is 22.0 Å². The molecule has 3 N–H and O–H groups in total. The maximum Gasteiger partial charge on any atom is 0.262 e. The van der Waals surface area contributed by atoms with E-state index in [9.17, 15) is 18.0 Å². The molecule has 0 bridgehead atoms. The SMILES string of the molecule is COc1ccccc1NS(=O)(=O)c1cc(NC(=O)[C@@H](NC(C)=O)C(C)C)ccc1C. The van der Waals surface area contributed by atoms with E-state index in [1.165, 1.54) is 20.1 Å². The van der Waals surface area contributed by atoms with E-state index in [0.717, 1.165) is 0 Å². The lowest BCUT2D eigenvalue weighted by molar-refractivity contribution is -0.126. The molecular formula is C21H27N3O5S. The van der Waals surface area contributed by atoms with Crippen molar-refractivity contribution in [3.05, 3.63) is 48.0 Å². The van der Waals surface area contributed by atoms with Gasteiger partial charge in [-0.25, -0.2) is 8.42 Å². The minimum absolute atomic E-state index is 0.0202. The van der Waals surface area contributed by atoms with Crippen molar-refractivity contribution < 1.29 is 22.7 Å². The van der Waals surface area contributed by atoms with E-state index in [1.807, 2.05) is 13.8 Å². The van der Waals surface area contributed by atoms with Gasteiger partial charge >= 0.3 is 0 Å². The van der Waals surface area contributed by atoms with Gasteiger partial charge < -0.3 is 15.4 Å². The van der Waals surface area contributed by atoms with Crippen LogP contribution in [0, 0.1) is 12.8 Å². The smallest absolute Gasteiger partial charge is 0.262 e. The molecule has 2 amide bonds. The summed E-state index contributed by atoms with van der Waals surface area (Å²) < 4.78 is 33.7. The van der Waals surface area contributed by atoms with Gasteiger partial charge in [0.05, 0.1) is 17.7 Å². The first-order chi connectivity index (χ1) is 14.0. The maximum atomic E-state index is 13.0. The number of para-hydroxylation sites is 2. The molecule has 1 atom stereocenters. The van der Waals surface area contributed by atoms with Crippen molar-refractivity contribution >= 4 is 33.2 Å². The fraction of sp³-hybridized carbons (Fsp3) is 0.333. The molecule has 2 aromatic carbocycles. The van der Waals surface area contributed by atoms with Gasteiger partial charge in [-0.15, -0.1) is 0 Å². The number of rotatable bonds is 8. The molecule has 0 saturated heterocycles. The minimum atomic E-state index is -3.94. The lowest BCUT2D eigenvalue weighted by Gasteiger charge is -2.21. The van der Waals surface area contributed by atoms with Crippen LogP contribution in [0.1, 0.15) is 26.3 Å². The summed E-state index contributed by atoms with van der Waals surface area (Å²) in [5.41, 5.74) is 1.12. The number of carbonyl (C=O) groups excluding carboxylic acids is 2. The molecule has 2 aromatic rings. The van der Waals surface area contributed by atoms with Gasteiger partial charge in [0.1, 0.15) is 11.8 Å². The molecule has 0 saturated carbocycles. The summed E-state index contributed by atoms with van der Waals surface area (Å²) in [6.45, 7) is 6.62. The molecule has 0 unspecified atom stereocenters. The Kier molecular flexibility index (Phi) is 7.44. The second-order valence-electron chi connectivity index (χ2n) is 7.20. The predicted molar refractivity (Wildman–Crippen MR) is 116 cm³/mol. The Balaban J connectivity index is 2.32. The molecule has 0 radical (unpaired) electrons. The Bertz CT molecular complexity index is 1030. The van der Waals surface area contributed by atoms with Crippen molar-refractivity contribution in [2.45, 2.75) is 38.6 Å². The van der Waals surface area contributed by atoms with Crippen molar-refractivity contribution in [1.82, 2.24) is 5.32 Å². The number of aryl methyl sites for hydroxylation is 1. The van der Waals surface area contributed by atoms with Crippen molar-refractivity contribution in [3.63, 3.8) is 0 Å². The average molecular weight is 434 g/mol. The van der Waals surface area contributed by atoms with Gasteiger partial charge in [-0.05, 0) is 42.7 Å². The van der Waals surface area contributed by atoms with Crippen LogP contribution < -0.4 is 20.1 Å². The summed E-state index contributed by atoms with van der Waals surface area (Å²) in [5.74, 6) is -0.504. The first-order valence-corrected chi connectivity index (χ1v) is 10.9. The number of sulfonamides is 1. The lowest BCUT2D eigenvalue weighted by atomic mass is 10.0. The standard InChI is InChI=1S/C21H27N3O5S/c1-13(2)20(22-15(4)25)21(26)23-16-11-10-14(3)19(12-16)30(27,28)24-17-8-6-7-9-18(17)29-5/h6-13,20,24H,1-5H3,(H,22,25)(H,23,26)/t20-/m0/s1. The zero-order chi connectivity index (χ0) is 22.5. The maximum absolute atomic E-state index is 13.0. The van der Waals surface area contributed by atoms with E-state index >= 15 is 0 Å². The normalized spacial score (nSPS) is 12.2. The van der Waals surface area contributed by atoms with Gasteiger partial charge in [-0.2, -0.15) is 0 Å². The summed E-state index contributed by atoms with van der Waals surface area (Å²) in [4.78, 5) is 24.0. The van der Waals surface area contributed by atoms with Crippen LogP contribution in [-0.4, -0.2) is 33.4 Å². The second kappa shape index (κ2) is 9.62. The summed E-state index contributed by atoms with van der Waals surface area (Å²) in [6, 6.07) is 10.5. The summed E-state index contributed by atoms with van der Waals surface area (Å²) in [5, 5.41) is 5.29. The minimum Gasteiger partial charge on any atom is -0.495 e. The second-order valence-corrected chi connectivity index (χ2v) is 8.85. The van der Waals surface area contributed by atoms with Gasteiger partial charge in [0.15, 0.2) is 0 Å². The molecule has 9 heteroatoms. The van der Waals surface area contributed by atoms with E-state index in [2.05, 4.69) is 15.4 Å². The molecule has 0 aliphatic heterocycles. The lowest BCUT2D eigenvalue weighted by Crippen LogP contribution is -2.46. The van der Waals surface area contributed by atoms with Gasteiger partial charge in [0.2, 0.25) is 11.8 Å². The number of anilines is 2. The van der Waals surface area contributed by atoms with Crippen molar-refractivity contribution in [2.24, 2.45) is 5.92 Å². The largest absolute Gasteiger partial charge is 0.495 e. The van der Waals surface area contributed by atoms with Crippen molar-refractivity contribution in [1.29, 1.82) is 0 Å². The van der Waals surface area contributed by atoms with Gasteiger partial charge in [-0.1, -0.05) is 32.0 Å².